The molecule has 1 atom stereocenters. The zero-order valence-electron chi connectivity index (χ0n) is 14.7. The van der Waals surface area contributed by atoms with Gasteiger partial charge in [0, 0.05) is 12.1 Å². The fraction of sp³-hybridized carbons (Fsp3) is 0.286. The number of amides is 1. The highest BCUT2D eigenvalue weighted by Crippen LogP contribution is 2.21. The van der Waals surface area contributed by atoms with Crippen molar-refractivity contribution < 1.29 is 19.1 Å². The fourth-order valence-electron chi connectivity index (χ4n) is 3.11. The molecular weight excluding hydrogens is 330 g/mol. The summed E-state index contributed by atoms with van der Waals surface area (Å²) < 4.78 is 4.92. The van der Waals surface area contributed by atoms with E-state index in [0.717, 1.165) is 11.1 Å². The summed E-state index contributed by atoms with van der Waals surface area (Å²) in [6, 6.07) is 17.2. The average Bonchev–Trinajstić information content (AvgIpc) is 2.68. The molecule has 1 amide bonds. The van der Waals surface area contributed by atoms with E-state index in [-0.39, 0.29) is 24.8 Å². The molecule has 0 radical (unpaired) electrons. The van der Waals surface area contributed by atoms with Gasteiger partial charge in [-0.3, -0.25) is 14.4 Å². The maximum absolute atomic E-state index is 12.7. The van der Waals surface area contributed by atoms with E-state index in [1.807, 2.05) is 42.5 Å². The first-order valence-electron chi connectivity index (χ1n) is 8.74. The van der Waals surface area contributed by atoms with Crippen LogP contribution in [0.15, 0.2) is 54.6 Å². The quantitative estimate of drug-likeness (QED) is 0.628. The standard InChI is InChI=1S/C21H21NO4/c1-2-26-21(25)18-12-13-22(14-19(18)23)20(24)17-10-8-16(9-11-17)15-6-4-3-5-7-15/h3-11,18H,2,12-14H2,1H3. The summed E-state index contributed by atoms with van der Waals surface area (Å²) in [5.74, 6) is -1.69. The first kappa shape index (κ1) is 17.9. The smallest absolute Gasteiger partial charge is 0.316 e. The van der Waals surface area contributed by atoms with Crippen LogP contribution in [0.3, 0.4) is 0 Å². The van der Waals surface area contributed by atoms with Crippen molar-refractivity contribution in [1.82, 2.24) is 4.90 Å². The maximum atomic E-state index is 12.7. The average molecular weight is 351 g/mol. The lowest BCUT2D eigenvalue weighted by atomic mass is 9.95. The van der Waals surface area contributed by atoms with E-state index in [2.05, 4.69) is 0 Å². The third-order valence-electron chi connectivity index (χ3n) is 4.52. The Bertz CT molecular complexity index is 799. The molecule has 0 spiro atoms. The van der Waals surface area contributed by atoms with E-state index in [1.54, 1.807) is 19.1 Å². The zero-order valence-corrected chi connectivity index (χ0v) is 14.7. The highest BCUT2D eigenvalue weighted by Gasteiger charge is 2.35. The molecule has 0 N–H and O–H groups in total. The second-order valence-electron chi connectivity index (χ2n) is 6.23. The Morgan fingerprint density at radius 3 is 2.31 bits per heavy atom. The Hall–Kier alpha value is -2.95. The number of carbonyl (C=O) groups is 3. The van der Waals surface area contributed by atoms with Crippen LogP contribution >= 0.6 is 0 Å². The molecule has 1 heterocycles. The monoisotopic (exact) mass is 351 g/mol. The second kappa shape index (κ2) is 7.95. The van der Waals surface area contributed by atoms with Gasteiger partial charge in [-0.1, -0.05) is 42.5 Å². The molecule has 2 aromatic carbocycles. The van der Waals surface area contributed by atoms with Crippen LogP contribution in [0, 0.1) is 5.92 Å². The first-order valence-corrected chi connectivity index (χ1v) is 8.74. The van der Waals surface area contributed by atoms with Gasteiger partial charge in [-0.25, -0.2) is 0 Å². The summed E-state index contributed by atoms with van der Waals surface area (Å²) in [7, 11) is 0. The Labute approximate surface area is 152 Å². The SMILES string of the molecule is CCOC(=O)C1CCN(C(=O)c2ccc(-c3ccccc3)cc2)CC1=O. The first-order chi connectivity index (χ1) is 12.6. The molecule has 134 valence electrons. The van der Waals surface area contributed by atoms with Gasteiger partial charge in [0.15, 0.2) is 5.78 Å². The van der Waals surface area contributed by atoms with Crippen molar-refractivity contribution in [3.05, 3.63) is 60.2 Å². The summed E-state index contributed by atoms with van der Waals surface area (Å²) >= 11 is 0. The minimum Gasteiger partial charge on any atom is -0.465 e. The van der Waals surface area contributed by atoms with Gasteiger partial charge in [0.05, 0.1) is 13.2 Å². The fourth-order valence-corrected chi connectivity index (χ4v) is 3.11. The number of hydrogen-bond acceptors (Lipinski definition) is 4. The molecule has 0 aliphatic carbocycles. The maximum Gasteiger partial charge on any atom is 0.316 e. The van der Waals surface area contributed by atoms with Crippen molar-refractivity contribution >= 4 is 17.7 Å². The van der Waals surface area contributed by atoms with E-state index in [1.165, 1.54) is 4.90 Å². The third kappa shape index (κ3) is 3.82. The summed E-state index contributed by atoms with van der Waals surface area (Å²) in [5, 5.41) is 0. The van der Waals surface area contributed by atoms with Crippen LogP contribution in [0.4, 0.5) is 0 Å². The van der Waals surface area contributed by atoms with E-state index >= 15 is 0 Å². The summed E-state index contributed by atoms with van der Waals surface area (Å²) in [6.07, 6.45) is 0.311. The predicted molar refractivity (Wildman–Crippen MR) is 97.5 cm³/mol. The van der Waals surface area contributed by atoms with E-state index < -0.39 is 11.9 Å². The number of piperidine rings is 1. The Morgan fingerprint density at radius 2 is 1.69 bits per heavy atom. The van der Waals surface area contributed by atoms with E-state index in [0.29, 0.717) is 18.5 Å². The molecular formula is C21H21NO4. The summed E-state index contributed by atoms with van der Waals surface area (Å²) in [4.78, 5) is 38.1. The zero-order chi connectivity index (χ0) is 18.5. The number of rotatable bonds is 4. The molecule has 2 aromatic rings. The Kier molecular flexibility index (Phi) is 5.46. The Morgan fingerprint density at radius 1 is 1.04 bits per heavy atom. The van der Waals surface area contributed by atoms with Crippen molar-refractivity contribution in [2.75, 3.05) is 19.7 Å². The number of benzene rings is 2. The molecule has 5 heteroatoms. The number of likely N-dealkylation sites (tertiary alicyclic amines) is 1. The molecule has 1 saturated heterocycles. The lowest BCUT2D eigenvalue weighted by Gasteiger charge is -2.29. The molecule has 0 aromatic heterocycles. The van der Waals surface area contributed by atoms with Gasteiger partial charge in [-0.2, -0.15) is 0 Å². The minimum absolute atomic E-state index is 0.0528. The van der Waals surface area contributed by atoms with Crippen LogP contribution in [0.2, 0.25) is 0 Å². The van der Waals surface area contributed by atoms with Gasteiger partial charge in [0.25, 0.3) is 5.91 Å². The van der Waals surface area contributed by atoms with Crippen LogP contribution in [-0.2, 0) is 14.3 Å². The molecule has 1 unspecified atom stereocenters. The topological polar surface area (TPSA) is 63.7 Å². The normalized spacial score (nSPS) is 17.0. The van der Waals surface area contributed by atoms with E-state index in [4.69, 9.17) is 4.74 Å². The summed E-state index contributed by atoms with van der Waals surface area (Å²) in [6.45, 7) is 2.27. The van der Waals surface area contributed by atoms with Crippen LogP contribution in [0.25, 0.3) is 11.1 Å². The number of ketones is 1. The molecule has 26 heavy (non-hydrogen) atoms. The molecule has 3 rings (SSSR count). The molecule has 1 fully saturated rings. The highest BCUT2D eigenvalue weighted by molar-refractivity contribution is 6.04. The van der Waals surface area contributed by atoms with E-state index in [9.17, 15) is 14.4 Å². The van der Waals surface area contributed by atoms with Crippen LogP contribution in [-0.4, -0.2) is 42.3 Å². The number of hydrogen-bond donors (Lipinski definition) is 0. The van der Waals surface area contributed by atoms with Crippen LogP contribution in [0.1, 0.15) is 23.7 Å². The lowest BCUT2D eigenvalue weighted by Crippen LogP contribution is -2.46. The van der Waals surface area contributed by atoms with Gasteiger partial charge in [0.1, 0.15) is 5.92 Å². The molecule has 1 aliphatic heterocycles. The molecule has 1 aliphatic rings. The summed E-state index contributed by atoms with van der Waals surface area (Å²) in [5.41, 5.74) is 2.64. The van der Waals surface area contributed by atoms with Gasteiger partial charge in [0.2, 0.25) is 0 Å². The van der Waals surface area contributed by atoms with Gasteiger partial charge < -0.3 is 9.64 Å². The Balaban J connectivity index is 1.67. The number of esters is 1. The predicted octanol–water partition coefficient (Wildman–Crippen LogP) is 2.95. The van der Waals surface area contributed by atoms with Crippen molar-refractivity contribution in [3.63, 3.8) is 0 Å². The van der Waals surface area contributed by atoms with Crippen molar-refractivity contribution in [2.24, 2.45) is 5.92 Å². The number of Topliss-reactive ketones (excluding diaryl/α,β-unsaturated/α-hetero) is 1. The lowest BCUT2D eigenvalue weighted by molar-refractivity contribution is -0.153. The van der Waals surface area contributed by atoms with Crippen LogP contribution < -0.4 is 0 Å². The molecule has 0 bridgehead atoms. The largest absolute Gasteiger partial charge is 0.465 e. The molecule has 0 saturated carbocycles. The third-order valence-corrected chi connectivity index (χ3v) is 4.52. The van der Waals surface area contributed by atoms with Crippen LogP contribution in [0.5, 0.6) is 0 Å². The van der Waals surface area contributed by atoms with Crippen molar-refractivity contribution in [1.29, 1.82) is 0 Å². The highest BCUT2D eigenvalue weighted by atomic mass is 16.5. The van der Waals surface area contributed by atoms with Gasteiger partial charge >= 0.3 is 5.97 Å². The molecule has 5 nitrogen and oxygen atoms in total. The van der Waals surface area contributed by atoms with Crippen molar-refractivity contribution in [3.8, 4) is 11.1 Å². The number of carbonyl (C=O) groups excluding carboxylic acids is 3. The van der Waals surface area contributed by atoms with Gasteiger partial charge in [-0.05, 0) is 36.6 Å². The minimum atomic E-state index is -0.751. The second-order valence-corrected chi connectivity index (χ2v) is 6.23. The van der Waals surface area contributed by atoms with Crippen molar-refractivity contribution in [2.45, 2.75) is 13.3 Å². The number of nitrogens with zero attached hydrogens (tertiary/aromatic N) is 1. The van der Waals surface area contributed by atoms with Gasteiger partial charge in [-0.15, -0.1) is 0 Å². The number of ether oxygens (including phenoxy) is 1.